The second-order valence-corrected chi connectivity index (χ2v) is 5.12. The Hall–Kier alpha value is -1.88. The lowest BCUT2D eigenvalue weighted by Gasteiger charge is -2.11. The van der Waals surface area contributed by atoms with Crippen molar-refractivity contribution in [1.82, 2.24) is 0 Å². The number of aliphatic hydroxyl groups excluding tert-OH is 1. The average molecular weight is 308 g/mol. The summed E-state index contributed by atoms with van der Waals surface area (Å²) in [6, 6.07) is 6.98. The topological polar surface area (TPSA) is 72.8 Å². The maximum absolute atomic E-state index is 11.2. The van der Waals surface area contributed by atoms with E-state index in [1.165, 1.54) is 0 Å². The molecular weight excluding hydrogens is 284 g/mol. The van der Waals surface area contributed by atoms with Crippen molar-refractivity contribution in [2.45, 2.75) is 45.1 Å². The monoisotopic (exact) mass is 308 g/mol. The molecule has 5 heteroatoms. The van der Waals surface area contributed by atoms with Crippen molar-refractivity contribution in [2.75, 3.05) is 13.2 Å². The number of hydrogen-bond acceptors (Lipinski definition) is 5. The fourth-order valence-electron chi connectivity index (χ4n) is 1.90. The number of esters is 1. The van der Waals surface area contributed by atoms with E-state index < -0.39 is 6.10 Å². The Labute approximate surface area is 131 Å². The summed E-state index contributed by atoms with van der Waals surface area (Å²) in [5, 5.41) is 9.69. The van der Waals surface area contributed by atoms with Gasteiger partial charge in [0.25, 0.3) is 0 Å². The highest BCUT2D eigenvalue weighted by Gasteiger charge is 2.08. The zero-order chi connectivity index (χ0) is 16.2. The SMILES string of the molecule is CCCC(=O)OC[C@@H](O)CCCCOc1cccc(C=O)c1. The van der Waals surface area contributed by atoms with E-state index in [1.807, 2.05) is 6.92 Å². The van der Waals surface area contributed by atoms with Crippen LogP contribution in [-0.4, -0.2) is 36.7 Å². The molecule has 5 nitrogen and oxygen atoms in total. The number of aldehydes is 1. The molecule has 0 spiro atoms. The number of ether oxygens (including phenoxy) is 2. The van der Waals surface area contributed by atoms with Crippen molar-refractivity contribution in [1.29, 1.82) is 0 Å². The van der Waals surface area contributed by atoms with Gasteiger partial charge in [-0.1, -0.05) is 19.1 Å². The molecular formula is C17H24O5. The summed E-state index contributed by atoms with van der Waals surface area (Å²) in [6.45, 7) is 2.48. The molecule has 0 saturated carbocycles. The molecule has 0 heterocycles. The third kappa shape index (κ3) is 7.78. The standard InChI is InChI=1S/C17H24O5/c1-2-6-17(20)22-13-15(19)8-3-4-10-21-16-9-5-7-14(11-16)12-18/h5,7,9,11-12,15,19H,2-4,6,8,10,13H2,1H3/t15-/m0/s1. The molecule has 0 amide bonds. The summed E-state index contributed by atoms with van der Waals surface area (Å²) in [4.78, 5) is 21.8. The van der Waals surface area contributed by atoms with Gasteiger partial charge in [-0.25, -0.2) is 0 Å². The molecule has 1 N–H and O–H groups in total. The molecule has 122 valence electrons. The van der Waals surface area contributed by atoms with Gasteiger partial charge in [0.05, 0.1) is 12.7 Å². The minimum Gasteiger partial charge on any atom is -0.494 e. The van der Waals surface area contributed by atoms with Crippen LogP contribution in [0.4, 0.5) is 0 Å². The Bertz CT molecular complexity index is 458. The maximum Gasteiger partial charge on any atom is 0.305 e. The molecule has 1 aromatic carbocycles. The first kappa shape index (κ1) is 18.2. The molecule has 0 bridgehead atoms. The Morgan fingerprint density at radius 2 is 2.18 bits per heavy atom. The first-order chi connectivity index (χ1) is 10.7. The smallest absolute Gasteiger partial charge is 0.305 e. The molecule has 0 radical (unpaired) electrons. The fourth-order valence-corrected chi connectivity index (χ4v) is 1.90. The van der Waals surface area contributed by atoms with Crippen molar-refractivity contribution in [2.24, 2.45) is 0 Å². The molecule has 0 aliphatic carbocycles. The summed E-state index contributed by atoms with van der Waals surface area (Å²) in [5.41, 5.74) is 0.585. The van der Waals surface area contributed by atoms with E-state index in [4.69, 9.17) is 9.47 Å². The van der Waals surface area contributed by atoms with Gasteiger partial charge in [-0.05, 0) is 37.8 Å². The average Bonchev–Trinajstić information content (AvgIpc) is 2.53. The largest absolute Gasteiger partial charge is 0.494 e. The minimum absolute atomic E-state index is 0.0566. The van der Waals surface area contributed by atoms with Crippen LogP contribution in [-0.2, 0) is 9.53 Å². The quantitative estimate of drug-likeness (QED) is 0.386. The van der Waals surface area contributed by atoms with Crippen molar-refractivity contribution in [3.8, 4) is 5.75 Å². The van der Waals surface area contributed by atoms with Crippen molar-refractivity contribution in [3.05, 3.63) is 29.8 Å². The summed E-state index contributed by atoms with van der Waals surface area (Å²) in [6.07, 6.45) is 3.42. The van der Waals surface area contributed by atoms with Crippen LogP contribution in [0.15, 0.2) is 24.3 Å². The fraction of sp³-hybridized carbons (Fsp3) is 0.529. The van der Waals surface area contributed by atoms with E-state index in [2.05, 4.69) is 0 Å². The van der Waals surface area contributed by atoms with Crippen LogP contribution in [0.1, 0.15) is 49.4 Å². The first-order valence-corrected chi connectivity index (χ1v) is 7.67. The number of benzene rings is 1. The number of unbranched alkanes of at least 4 members (excludes halogenated alkanes) is 1. The van der Waals surface area contributed by atoms with Gasteiger partial charge in [0.15, 0.2) is 0 Å². The van der Waals surface area contributed by atoms with E-state index in [0.29, 0.717) is 30.8 Å². The highest BCUT2D eigenvalue weighted by atomic mass is 16.5. The normalized spacial score (nSPS) is 11.7. The predicted octanol–water partition coefficient (Wildman–Crippen LogP) is 2.75. The Morgan fingerprint density at radius 1 is 1.36 bits per heavy atom. The lowest BCUT2D eigenvalue weighted by molar-refractivity contribution is -0.146. The number of carbonyl (C=O) groups excluding carboxylic acids is 2. The second-order valence-electron chi connectivity index (χ2n) is 5.12. The van der Waals surface area contributed by atoms with Crippen molar-refractivity contribution < 1.29 is 24.2 Å². The van der Waals surface area contributed by atoms with Gasteiger partial charge in [-0.3, -0.25) is 9.59 Å². The van der Waals surface area contributed by atoms with Crippen LogP contribution in [0, 0.1) is 0 Å². The number of hydrogen-bond donors (Lipinski definition) is 1. The molecule has 1 rings (SSSR count). The van der Waals surface area contributed by atoms with Gasteiger partial charge in [0.2, 0.25) is 0 Å². The zero-order valence-corrected chi connectivity index (χ0v) is 13.0. The number of aliphatic hydroxyl groups is 1. The van der Waals surface area contributed by atoms with Gasteiger partial charge in [-0.15, -0.1) is 0 Å². The van der Waals surface area contributed by atoms with Crippen LogP contribution in [0.25, 0.3) is 0 Å². The van der Waals surface area contributed by atoms with Gasteiger partial charge in [-0.2, -0.15) is 0 Å². The molecule has 1 aromatic rings. The third-order valence-corrected chi connectivity index (χ3v) is 3.09. The first-order valence-electron chi connectivity index (χ1n) is 7.67. The van der Waals surface area contributed by atoms with E-state index in [-0.39, 0.29) is 12.6 Å². The van der Waals surface area contributed by atoms with Crippen LogP contribution >= 0.6 is 0 Å². The molecule has 0 aliphatic rings. The molecule has 0 saturated heterocycles. The Kier molecular flexibility index (Phi) is 8.91. The summed E-state index contributed by atoms with van der Waals surface area (Å²) in [5.74, 6) is 0.401. The maximum atomic E-state index is 11.2. The molecule has 1 atom stereocenters. The predicted molar refractivity (Wildman–Crippen MR) is 83.0 cm³/mol. The molecule has 0 aliphatic heterocycles. The van der Waals surface area contributed by atoms with Crippen LogP contribution < -0.4 is 4.74 Å². The van der Waals surface area contributed by atoms with E-state index >= 15 is 0 Å². The van der Waals surface area contributed by atoms with Crippen LogP contribution in [0.3, 0.4) is 0 Å². The Balaban J connectivity index is 2.09. The van der Waals surface area contributed by atoms with Crippen LogP contribution in [0.5, 0.6) is 5.75 Å². The molecule has 0 aromatic heterocycles. The lowest BCUT2D eigenvalue weighted by atomic mass is 10.1. The summed E-state index contributed by atoms with van der Waals surface area (Å²) >= 11 is 0. The van der Waals surface area contributed by atoms with Crippen LogP contribution in [0.2, 0.25) is 0 Å². The van der Waals surface area contributed by atoms with Crippen molar-refractivity contribution >= 4 is 12.3 Å². The minimum atomic E-state index is -0.626. The zero-order valence-electron chi connectivity index (χ0n) is 13.0. The number of rotatable bonds is 11. The summed E-state index contributed by atoms with van der Waals surface area (Å²) in [7, 11) is 0. The van der Waals surface area contributed by atoms with Crippen molar-refractivity contribution in [3.63, 3.8) is 0 Å². The van der Waals surface area contributed by atoms with Gasteiger partial charge >= 0.3 is 5.97 Å². The van der Waals surface area contributed by atoms with E-state index in [9.17, 15) is 14.7 Å². The van der Waals surface area contributed by atoms with E-state index in [1.54, 1.807) is 24.3 Å². The highest BCUT2D eigenvalue weighted by Crippen LogP contribution is 2.13. The molecule has 0 unspecified atom stereocenters. The lowest BCUT2D eigenvalue weighted by Crippen LogP contribution is -2.18. The molecule has 0 fully saturated rings. The molecule has 22 heavy (non-hydrogen) atoms. The van der Waals surface area contributed by atoms with Gasteiger partial charge in [0, 0.05) is 12.0 Å². The summed E-state index contributed by atoms with van der Waals surface area (Å²) < 4.78 is 10.5. The van der Waals surface area contributed by atoms with Gasteiger partial charge in [0.1, 0.15) is 18.6 Å². The van der Waals surface area contributed by atoms with Gasteiger partial charge < -0.3 is 14.6 Å². The third-order valence-electron chi connectivity index (χ3n) is 3.09. The number of carbonyl (C=O) groups is 2. The Morgan fingerprint density at radius 3 is 2.91 bits per heavy atom. The second kappa shape index (κ2) is 10.8. The van der Waals surface area contributed by atoms with E-state index in [0.717, 1.165) is 25.5 Å². The highest BCUT2D eigenvalue weighted by molar-refractivity contribution is 5.75.